The van der Waals surface area contributed by atoms with Crippen LogP contribution in [0.5, 0.6) is 0 Å². The van der Waals surface area contributed by atoms with Crippen molar-refractivity contribution in [1.82, 2.24) is 19.9 Å². The van der Waals surface area contributed by atoms with E-state index >= 15 is 0 Å². The Morgan fingerprint density at radius 1 is 1.29 bits per heavy atom. The molecule has 2 aliphatic rings. The molecule has 3 heterocycles. The van der Waals surface area contributed by atoms with E-state index in [2.05, 4.69) is 14.9 Å². The van der Waals surface area contributed by atoms with Gasteiger partial charge in [-0.25, -0.2) is 4.98 Å². The number of nitrogens with zero attached hydrogens (tertiary/aromatic N) is 3. The Bertz CT molecular complexity index is 706. The molecule has 0 unspecified atom stereocenters. The minimum absolute atomic E-state index is 0.0745. The van der Waals surface area contributed by atoms with Gasteiger partial charge < -0.3 is 4.98 Å². The summed E-state index contributed by atoms with van der Waals surface area (Å²) in [5.41, 5.74) is 3.18. The number of rotatable bonds is 3. The summed E-state index contributed by atoms with van der Waals surface area (Å²) < 4.78 is 0. The van der Waals surface area contributed by atoms with Crippen molar-refractivity contribution in [2.45, 2.75) is 38.3 Å². The summed E-state index contributed by atoms with van der Waals surface area (Å²) in [6.07, 6.45) is 6.74. The molecule has 1 saturated carbocycles. The molecule has 1 N–H and O–H groups in total. The average Bonchev–Trinajstić information content (AvgIpc) is 3.32. The van der Waals surface area contributed by atoms with Gasteiger partial charge in [-0.05, 0) is 37.0 Å². The number of hydrogen-bond donors (Lipinski definition) is 1. The van der Waals surface area contributed by atoms with E-state index < -0.39 is 0 Å². The van der Waals surface area contributed by atoms with Crippen LogP contribution in [-0.2, 0) is 19.5 Å². The first-order valence-electron chi connectivity index (χ1n) is 7.53. The van der Waals surface area contributed by atoms with Crippen LogP contribution in [0.2, 0.25) is 0 Å². The molecule has 0 aromatic carbocycles. The maximum absolute atomic E-state index is 12.2. The lowest BCUT2D eigenvalue weighted by molar-refractivity contribution is 0.240. The first-order chi connectivity index (χ1) is 10.3. The highest BCUT2D eigenvalue weighted by atomic mass is 16.1. The summed E-state index contributed by atoms with van der Waals surface area (Å²) in [5, 5.41) is 0. The predicted molar refractivity (Wildman–Crippen MR) is 78.9 cm³/mol. The lowest BCUT2D eigenvalue weighted by Gasteiger charge is -2.27. The van der Waals surface area contributed by atoms with Crippen molar-refractivity contribution in [1.29, 1.82) is 0 Å². The molecule has 0 bridgehead atoms. The molecule has 0 spiro atoms. The largest absolute Gasteiger partial charge is 0.310 e. The molecule has 2 aromatic heterocycles. The molecule has 0 amide bonds. The van der Waals surface area contributed by atoms with E-state index in [1.54, 1.807) is 0 Å². The van der Waals surface area contributed by atoms with Crippen LogP contribution < -0.4 is 5.56 Å². The molecule has 5 heteroatoms. The van der Waals surface area contributed by atoms with E-state index in [9.17, 15) is 4.79 Å². The first-order valence-corrected chi connectivity index (χ1v) is 7.53. The van der Waals surface area contributed by atoms with Gasteiger partial charge in [0.1, 0.15) is 5.82 Å². The van der Waals surface area contributed by atoms with Gasteiger partial charge in [0.2, 0.25) is 0 Å². The number of nitrogens with one attached hydrogen (secondary N) is 1. The monoisotopic (exact) mass is 282 g/mol. The third kappa shape index (κ3) is 2.61. The van der Waals surface area contributed by atoms with E-state index in [4.69, 9.17) is 4.98 Å². The van der Waals surface area contributed by atoms with Gasteiger partial charge >= 0.3 is 0 Å². The molecule has 0 atom stereocenters. The van der Waals surface area contributed by atoms with Crippen LogP contribution in [0, 0.1) is 0 Å². The zero-order valence-corrected chi connectivity index (χ0v) is 11.9. The second kappa shape index (κ2) is 5.07. The fourth-order valence-electron chi connectivity index (χ4n) is 2.94. The highest BCUT2D eigenvalue weighted by Crippen LogP contribution is 2.37. The van der Waals surface area contributed by atoms with Crippen LogP contribution in [0.25, 0.3) is 0 Å². The smallest absolute Gasteiger partial charge is 0.254 e. The van der Waals surface area contributed by atoms with Crippen molar-refractivity contribution in [3.05, 3.63) is 57.5 Å². The van der Waals surface area contributed by atoms with Gasteiger partial charge in [-0.3, -0.25) is 14.7 Å². The standard InChI is InChI=1S/C16H18N4O/c21-16-13-5-8-20(9-11-3-6-17-7-4-11)10-14(13)18-15(19-16)12-1-2-12/h3-4,6-7,12H,1-2,5,8-10H2,(H,18,19,21). The van der Waals surface area contributed by atoms with Crippen molar-refractivity contribution >= 4 is 0 Å². The van der Waals surface area contributed by atoms with Crippen LogP contribution in [-0.4, -0.2) is 26.4 Å². The van der Waals surface area contributed by atoms with Crippen molar-refractivity contribution in [3.63, 3.8) is 0 Å². The lowest BCUT2D eigenvalue weighted by atomic mass is 10.1. The van der Waals surface area contributed by atoms with E-state index in [0.717, 1.165) is 56.0 Å². The van der Waals surface area contributed by atoms with Gasteiger partial charge in [-0.15, -0.1) is 0 Å². The summed E-state index contributed by atoms with van der Waals surface area (Å²) in [5.74, 6) is 1.38. The lowest BCUT2D eigenvalue weighted by Crippen LogP contribution is -2.35. The Morgan fingerprint density at radius 3 is 2.86 bits per heavy atom. The van der Waals surface area contributed by atoms with E-state index in [1.807, 2.05) is 24.5 Å². The SMILES string of the molecule is O=c1[nH]c(C2CC2)nc2c1CCN(Cc1ccncc1)C2. The minimum atomic E-state index is 0.0745. The molecular weight excluding hydrogens is 264 g/mol. The van der Waals surface area contributed by atoms with Crippen LogP contribution in [0.3, 0.4) is 0 Å². The number of aromatic nitrogens is 3. The van der Waals surface area contributed by atoms with Crippen molar-refractivity contribution in [3.8, 4) is 0 Å². The normalized spacial score (nSPS) is 18.5. The summed E-state index contributed by atoms with van der Waals surface area (Å²) in [7, 11) is 0. The second-order valence-corrected chi connectivity index (χ2v) is 5.97. The Kier molecular flexibility index (Phi) is 3.07. The summed E-state index contributed by atoms with van der Waals surface area (Å²) in [6, 6.07) is 4.08. The molecule has 1 fully saturated rings. The average molecular weight is 282 g/mol. The van der Waals surface area contributed by atoms with Crippen LogP contribution in [0.15, 0.2) is 29.3 Å². The molecule has 0 radical (unpaired) electrons. The van der Waals surface area contributed by atoms with E-state index in [0.29, 0.717) is 5.92 Å². The fourth-order valence-corrected chi connectivity index (χ4v) is 2.94. The topological polar surface area (TPSA) is 61.9 Å². The Balaban J connectivity index is 1.57. The van der Waals surface area contributed by atoms with Crippen LogP contribution in [0.4, 0.5) is 0 Å². The molecule has 2 aromatic rings. The second-order valence-electron chi connectivity index (χ2n) is 5.97. The fraction of sp³-hybridized carbons (Fsp3) is 0.438. The maximum atomic E-state index is 12.2. The van der Waals surface area contributed by atoms with Gasteiger partial charge in [0, 0.05) is 43.5 Å². The third-order valence-electron chi connectivity index (χ3n) is 4.29. The Hall–Kier alpha value is -2.01. The Labute approximate surface area is 123 Å². The van der Waals surface area contributed by atoms with Crippen molar-refractivity contribution in [2.24, 2.45) is 0 Å². The molecule has 1 aliphatic carbocycles. The number of hydrogen-bond acceptors (Lipinski definition) is 4. The highest BCUT2D eigenvalue weighted by molar-refractivity contribution is 5.23. The first kappa shape index (κ1) is 12.7. The van der Waals surface area contributed by atoms with Crippen molar-refractivity contribution < 1.29 is 0 Å². The molecule has 1 aliphatic heterocycles. The zero-order valence-electron chi connectivity index (χ0n) is 11.9. The molecule has 4 rings (SSSR count). The molecule has 5 nitrogen and oxygen atoms in total. The summed E-state index contributed by atoms with van der Waals surface area (Å²) in [6.45, 7) is 2.55. The zero-order chi connectivity index (χ0) is 14.2. The molecule has 0 saturated heterocycles. The molecule has 21 heavy (non-hydrogen) atoms. The number of aromatic amines is 1. The van der Waals surface area contributed by atoms with Gasteiger partial charge in [-0.2, -0.15) is 0 Å². The van der Waals surface area contributed by atoms with Gasteiger partial charge in [0.25, 0.3) is 5.56 Å². The maximum Gasteiger partial charge on any atom is 0.254 e. The predicted octanol–water partition coefficient (Wildman–Crippen LogP) is 1.60. The third-order valence-corrected chi connectivity index (χ3v) is 4.29. The summed E-state index contributed by atoms with van der Waals surface area (Å²) >= 11 is 0. The van der Waals surface area contributed by atoms with Gasteiger partial charge in [-0.1, -0.05) is 0 Å². The van der Waals surface area contributed by atoms with E-state index in [1.165, 1.54) is 5.56 Å². The van der Waals surface area contributed by atoms with Gasteiger partial charge in [0.15, 0.2) is 0 Å². The number of fused-ring (bicyclic) bond motifs is 1. The van der Waals surface area contributed by atoms with Crippen LogP contribution in [0.1, 0.15) is 41.4 Å². The van der Waals surface area contributed by atoms with Gasteiger partial charge in [0.05, 0.1) is 5.69 Å². The quantitative estimate of drug-likeness (QED) is 0.929. The van der Waals surface area contributed by atoms with Crippen LogP contribution >= 0.6 is 0 Å². The number of H-pyrrole nitrogens is 1. The molecule has 108 valence electrons. The number of pyridine rings is 1. The minimum Gasteiger partial charge on any atom is -0.310 e. The van der Waals surface area contributed by atoms with E-state index in [-0.39, 0.29) is 5.56 Å². The highest BCUT2D eigenvalue weighted by Gasteiger charge is 2.29. The Morgan fingerprint density at radius 2 is 2.10 bits per heavy atom. The molecular formula is C16H18N4O. The van der Waals surface area contributed by atoms with Crippen molar-refractivity contribution in [2.75, 3.05) is 6.54 Å². The summed E-state index contributed by atoms with van der Waals surface area (Å²) in [4.78, 5) is 26.2.